The fourth-order valence-corrected chi connectivity index (χ4v) is 4.13. The number of rotatable bonds is 4. The molecule has 2 aromatic heterocycles. The van der Waals surface area contributed by atoms with Gasteiger partial charge in [-0.3, -0.25) is 9.48 Å². The number of nitrogens with zero attached hydrogens (tertiary/aromatic N) is 2. The van der Waals surface area contributed by atoms with Crippen LogP contribution in [0.5, 0.6) is 0 Å². The summed E-state index contributed by atoms with van der Waals surface area (Å²) in [5, 5.41) is 6.79. The second-order valence-corrected chi connectivity index (χ2v) is 6.58. The van der Waals surface area contributed by atoms with E-state index in [4.69, 9.17) is 11.6 Å². The third-order valence-corrected chi connectivity index (χ3v) is 5.11. The number of fused-ring (bicyclic) bond motifs is 1. The number of aryl methyl sites for hydroxylation is 2. The number of aromatic nitrogens is 2. The summed E-state index contributed by atoms with van der Waals surface area (Å²) in [5.74, 6) is 0.0788. The molecule has 1 atom stereocenters. The van der Waals surface area contributed by atoms with E-state index in [1.807, 2.05) is 0 Å². The molecular weight excluding hydrogens is 292 g/mol. The molecule has 0 fully saturated rings. The molecule has 0 spiro atoms. The van der Waals surface area contributed by atoms with Crippen molar-refractivity contribution in [2.45, 2.75) is 45.1 Å². The molecule has 3 rings (SSSR count). The lowest BCUT2D eigenvalue weighted by molar-refractivity contribution is 0.0940. The first-order chi connectivity index (χ1) is 9.72. The van der Waals surface area contributed by atoms with Crippen LogP contribution in [-0.2, 0) is 13.0 Å². The summed E-state index contributed by atoms with van der Waals surface area (Å²) in [6.07, 6.45) is 5.60. The third kappa shape index (κ3) is 2.31. The highest BCUT2D eigenvalue weighted by molar-refractivity contribution is 7.10. The Bertz CT molecular complexity index is 632. The molecule has 5 heteroatoms. The summed E-state index contributed by atoms with van der Waals surface area (Å²) in [5.41, 5.74) is 1.78. The average Bonchev–Trinajstić information content (AvgIpc) is 3.05. The molecule has 2 heterocycles. The summed E-state index contributed by atoms with van der Waals surface area (Å²) in [7, 11) is 0. The lowest BCUT2D eigenvalue weighted by Gasteiger charge is -2.21. The van der Waals surface area contributed by atoms with Crippen molar-refractivity contribution in [3.8, 4) is 0 Å². The van der Waals surface area contributed by atoms with Gasteiger partial charge in [0.2, 0.25) is 0 Å². The molecule has 0 aliphatic heterocycles. The van der Waals surface area contributed by atoms with Crippen LogP contribution in [0, 0.1) is 0 Å². The van der Waals surface area contributed by atoms with Crippen molar-refractivity contribution in [1.82, 2.24) is 9.78 Å². The third-order valence-electron chi connectivity index (χ3n) is 3.83. The lowest BCUT2D eigenvalue weighted by atomic mass is 9.84. The topological polar surface area (TPSA) is 34.9 Å². The van der Waals surface area contributed by atoms with E-state index >= 15 is 0 Å². The van der Waals surface area contributed by atoms with Crippen LogP contribution in [0.15, 0.2) is 17.6 Å². The highest BCUT2D eigenvalue weighted by Gasteiger charge is 2.31. The summed E-state index contributed by atoms with van der Waals surface area (Å²) >= 11 is 7.95. The zero-order chi connectivity index (χ0) is 14.1. The Morgan fingerprint density at radius 3 is 3.25 bits per heavy atom. The molecule has 0 radical (unpaired) electrons. The maximum absolute atomic E-state index is 12.9. The summed E-state index contributed by atoms with van der Waals surface area (Å²) in [6.45, 7) is 2.80. The van der Waals surface area contributed by atoms with Crippen LogP contribution in [-0.4, -0.2) is 15.6 Å². The fraction of sp³-hybridized carbons (Fsp3) is 0.467. The summed E-state index contributed by atoms with van der Waals surface area (Å²) in [6, 6.07) is 2.09. The predicted molar refractivity (Wildman–Crippen MR) is 81.9 cm³/mol. The molecule has 20 heavy (non-hydrogen) atoms. The van der Waals surface area contributed by atoms with Crippen molar-refractivity contribution in [3.05, 3.63) is 38.8 Å². The zero-order valence-corrected chi connectivity index (χ0v) is 13.0. The molecule has 2 aromatic rings. The first-order valence-electron chi connectivity index (χ1n) is 7.04. The predicted octanol–water partition coefficient (Wildman–Crippen LogP) is 4.31. The lowest BCUT2D eigenvalue weighted by Crippen LogP contribution is -2.21. The Hall–Kier alpha value is -1.13. The van der Waals surface area contributed by atoms with E-state index in [9.17, 15) is 4.79 Å². The van der Waals surface area contributed by atoms with Gasteiger partial charge < -0.3 is 0 Å². The Morgan fingerprint density at radius 2 is 2.45 bits per heavy atom. The number of halogens is 1. The van der Waals surface area contributed by atoms with E-state index in [-0.39, 0.29) is 11.7 Å². The van der Waals surface area contributed by atoms with Gasteiger partial charge in [-0.2, -0.15) is 5.10 Å². The van der Waals surface area contributed by atoms with Crippen molar-refractivity contribution in [2.75, 3.05) is 0 Å². The monoisotopic (exact) mass is 308 g/mol. The molecule has 106 valence electrons. The van der Waals surface area contributed by atoms with E-state index in [1.165, 1.54) is 10.4 Å². The molecule has 0 saturated heterocycles. The van der Waals surface area contributed by atoms with Crippen LogP contribution in [0.1, 0.15) is 53.0 Å². The maximum Gasteiger partial charge on any atom is 0.189 e. The molecule has 0 aromatic carbocycles. The van der Waals surface area contributed by atoms with E-state index in [1.54, 1.807) is 22.2 Å². The average molecular weight is 309 g/mol. The highest BCUT2D eigenvalue weighted by atomic mass is 35.5. The van der Waals surface area contributed by atoms with Gasteiger partial charge >= 0.3 is 0 Å². The molecule has 1 unspecified atom stereocenters. The van der Waals surface area contributed by atoms with Crippen molar-refractivity contribution in [1.29, 1.82) is 0 Å². The minimum Gasteiger partial charge on any atom is -0.292 e. The number of hydrogen-bond donors (Lipinski definition) is 0. The van der Waals surface area contributed by atoms with Crippen LogP contribution in [0.4, 0.5) is 0 Å². The van der Waals surface area contributed by atoms with Crippen LogP contribution in [0.25, 0.3) is 0 Å². The minimum absolute atomic E-state index is 0.0465. The number of carbonyl (C=O) groups excluding carboxylic acids is 1. The smallest absolute Gasteiger partial charge is 0.189 e. The van der Waals surface area contributed by atoms with Gasteiger partial charge in [-0.15, -0.1) is 11.3 Å². The Balaban J connectivity index is 1.97. The van der Waals surface area contributed by atoms with Crippen molar-refractivity contribution in [2.24, 2.45) is 0 Å². The second kappa shape index (κ2) is 5.70. The standard InChI is InChI=1S/C15H17ClN2OS/c1-2-7-18-14(12(16)9-17-18)15(19)11-4-3-5-13-10(11)6-8-20-13/h6,8-9,11H,2-5,7H2,1H3. The maximum atomic E-state index is 12.9. The van der Waals surface area contributed by atoms with E-state index < -0.39 is 0 Å². The van der Waals surface area contributed by atoms with Crippen LogP contribution in [0.3, 0.4) is 0 Å². The van der Waals surface area contributed by atoms with Crippen molar-refractivity contribution >= 4 is 28.7 Å². The van der Waals surface area contributed by atoms with Gasteiger partial charge in [0.25, 0.3) is 0 Å². The summed E-state index contributed by atoms with van der Waals surface area (Å²) in [4.78, 5) is 14.3. The normalized spacial score (nSPS) is 18.0. The molecule has 3 nitrogen and oxygen atoms in total. The Morgan fingerprint density at radius 1 is 1.60 bits per heavy atom. The van der Waals surface area contributed by atoms with Gasteiger partial charge in [0.1, 0.15) is 5.69 Å². The van der Waals surface area contributed by atoms with Gasteiger partial charge in [0, 0.05) is 11.4 Å². The van der Waals surface area contributed by atoms with Crippen LogP contribution >= 0.6 is 22.9 Å². The van der Waals surface area contributed by atoms with Gasteiger partial charge in [0.05, 0.1) is 17.1 Å². The minimum atomic E-state index is -0.0465. The largest absolute Gasteiger partial charge is 0.292 e. The highest BCUT2D eigenvalue weighted by Crippen LogP contribution is 2.37. The number of ketones is 1. The first-order valence-corrected chi connectivity index (χ1v) is 8.30. The SMILES string of the molecule is CCCn1ncc(Cl)c1C(=O)C1CCCc2sccc21. The molecule has 1 aliphatic carbocycles. The van der Waals surface area contributed by atoms with E-state index in [0.29, 0.717) is 10.7 Å². The van der Waals surface area contributed by atoms with E-state index in [0.717, 1.165) is 32.2 Å². The van der Waals surface area contributed by atoms with Gasteiger partial charge in [-0.25, -0.2) is 0 Å². The molecule has 0 saturated carbocycles. The van der Waals surface area contributed by atoms with Crippen molar-refractivity contribution in [3.63, 3.8) is 0 Å². The quantitative estimate of drug-likeness (QED) is 0.789. The second-order valence-electron chi connectivity index (χ2n) is 5.17. The Kier molecular flexibility index (Phi) is 3.94. The number of Topliss-reactive ketones (excluding diaryl/α,β-unsaturated/α-hetero) is 1. The summed E-state index contributed by atoms with van der Waals surface area (Å²) < 4.78 is 1.76. The molecule has 0 N–H and O–H groups in total. The number of thiophene rings is 1. The fourth-order valence-electron chi connectivity index (χ4n) is 2.91. The van der Waals surface area contributed by atoms with E-state index in [2.05, 4.69) is 23.5 Å². The molecule has 0 bridgehead atoms. The number of carbonyl (C=O) groups is 1. The zero-order valence-electron chi connectivity index (χ0n) is 11.4. The molecule has 0 amide bonds. The van der Waals surface area contributed by atoms with Gasteiger partial charge in [-0.1, -0.05) is 18.5 Å². The van der Waals surface area contributed by atoms with Crippen LogP contribution < -0.4 is 0 Å². The van der Waals surface area contributed by atoms with Gasteiger partial charge in [-0.05, 0) is 42.7 Å². The number of hydrogen-bond acceptors (Lipinski definition) is 3. The van der Waals surface area contributed by atoms with Crippen molar-refractivity contribution < 1.29 is 4.79 Å². The van der Waals surface area contributed by atoms with Crippen LogP contribution in [0.2, 0.25) is 5.02 Å². The first kappa shape index (κ1) is 13.8. The van der Waals surface area contributed by atoms with Gasteiger partial charge in [0.15, 0.2) is 5.78 Å². The Labute approximate surface area is 127 Å². The molecular formula is C15H17ClN2OS. The molecule has 1 aliphatic rings.